The van der Waals surface area contributed by atoms with Crippen LogP contribution < -0.4 is 9.46 Å². The lowest BCUT2D eigenvalue weighted by Crippen LogP contribution is -2.13. The van der Waals surface area contributed by atoms with Crippen molar-refractivity contribution in [3.63, 3.8) is 0 Å². The molecule has 0 bridgehead atoms. The fourth-order valence-corrected chi connectivity index (χ4v) is 3.40. The lowest BCUT2D eigenvalue weighted by molar-refractivity contribution is 0.340. The van der Waals surface area contributed by atoms with Crippen LogP contribution in [0.1, 0.15) is 6.92 Å². The van der Waals surface area contributed by atoms with Gasteiger partial charge in [-0.15, -0.1) is 0 Å². The molecule has 1 aromatic carbocycles. The number of benzene rings is 1. The fourth-order valence-electron chi connectivity index (χ4n) is 1.52. The van der Waals surface area contributed by atoms with Crippen molar-refractivity contribution >= 4 is 43.2 Å². The van der Waals surface area contributed by atoms with E-state index >= 15 is 0 Å². The first-order chi connectivity index (χ1) is 9.44. The van der Waals surface area contributed by atoms with E-state index in [9.17, 15) is 8.42 Å². The Morgan fingerprint density at radius 2 is 2.25 bits per heavy atom. The molecule has 20 heavy (non-hydrogen) atoms. The summed E-state index contributed by atoms with van der Waals surface area (Å²) >= 11 is 9.23. The van der Waals surface area contributed by atoms with E-state index in [2.05, 4.69) is 30.8 Å². The van der Waals surface area contributed by atoms with Crippen molar-refractivity contribution in [3.05, 3.63) is 34.0 Å². The number of H-pyrrole nitrogens is 1. The predicted molar refractivity (Wildman–Crippen MR) is 79.7 cm³/mol. The van der Waals surface area contributed by atoms with Gasteiger partial charge in [-0.25, -0.2) is 8.42 Å². The molecule has 9 heteroatoms. The number of halogens is 2. The largest absolute Gasteiger partial charge is 0.490 e. The Hall–Kier alpha value is -1.25. The summed E-state index contributed by atoms with van der Waals surface area (Å²) in [6.45, 7) is 2.19. The molecule has 2 N–H and O–H groups in total. The van der Waals surface area contributed by atoms with Crippen LogP contribution >= 0.6 is 27.5 Å². The SMILES string of the molecule is CCOc1c(Br)cc(Cl)cc1NS(=O)(=O)c1cn[nH]c1. The summed E-state index contributed by atoms with van der Waals surface area (Å²) < 4.78 is 32.7. The van der Waals surface area contributed by atoms with E-state index in [0.29, 0.717) is 21.9 Å². The van der Waals surface area contributed by atoms with Gasteiger partial charge in [0.15, 0.2) is 5.75 Å². The lowest BCUT2D eigenvalue weighted by atomic mass is 10.3. The Morgan fingerprint density at radius 1 is 1.50 bits per heavy atom. The van der Waals surface area contributed by atoms with Crippen LogP contribution in [0.4, 0.5) is 5.69 Å². The van der Waals surface area contributed by atoms with Gasteiger partial charge in [0.05, 0.1) is 23.0 Å². The highest BCUT2D eigenvalue weighted by molar-refractivity contribution is 9.10. The molecule has 1 heterocycles. The first-order valence-corrected chi connectivity index (χ1v) is 8.23. The molecule has 0 fully saturated rings. The number of nitrogens with one attached hydrogen (secondary N) is 2. The smallest absolute Gasteiger partial charge is 0.265 e. The lowest BCUT2D eigenvalue weighted by Gasteiger charge is -2.14. The van der Waals surface area contributed by atoms with Gasteiger partial charge in [-0.05, 0) is 35.0 Å². The molecule has 2 aromatic rings. The molecule has 0 saturated carbocycles. The third-order valence-electron chi connectivity index (χ3n) is 2.32. The van der Waals surface area contributed by atoms with Gasteiger partial charge in [-0.1, -0.05) is 11.6 Å². The molecule has 108 valence electrons. The van der Waals surface area contributed by atoms with Crippen LogP contribution in [-0.2, 0) is 10.0 Å². The molecule has 0 aliphatic rings. The molecule has 0 saturated heterocycles. The summed E-state index contributed by atoms with van der Waals surface area (Å²) in [5.74, 6) is 0.379. The third kappa shape index (κ3) is 3.25. The first kappa shape index (κ1) is 15.1. The third-order valence-corrected chi connectivity index (χ3v) is 4.46. The standard InChI is InChI=1S/C11H11BrClN3O3S/c1-2-19-11-9(12)3-7(13)4-10(11)16-20(17,18)8-5-14-15-6-8/h3-6,16H,2H2,1H3,(H,14,15). The van der Waals surface area contributed by atoms with Crippen LogP contribution in [0.15, 0.2) is 33.9 Å². The van der Waals surface area contributed by atoms with E-state index in [0.717, 1.165) is 0 Å². The van der Waals surface area contributed by atoms with Crippen LogP contribution in [0.25, 0.3) is 0 Å². The molecular weight excluding hydrogens is 370 g/mol. The number of aromatic nitrogens is 2. The van der Waals surface area contributed by atoms with E-state index in [1.165, 1.54) is 18.5 Å². The number of anilines is 1. The quantitative estimate of drug-likeness (QED) is 0.835. The van der Waals surface area contributed by atoms with Crippen LogP contribution in [0.2, 0.25) is 5.02 Å². The second-order valence-corrected chi connectivity index (χ2v) is 6.71. The predicted octanol–water partition coefficient (Wildman–Crippen LogP) is 3.03. The van der Waals surface area contributed by atoms with Gasteiger partial charge in [0.1, 0.15) is 4.90 Å². The number of ether oxygens (including phenoxy) is 1. The van der Waals surface area contributed by atoms with Crippen molar-refractivity contribution < 1.29 is 13.2 Å². The molecule has 0 radical (unpaired) electrons. The fraction of sp³-hybridized carbons (Fsp3) is 0.182. The number of rotatable bonds is 5. The van der Waals surface area contributed by atoms with E-state index in [4.69, 9.17) is 16.3 Å². The molecule has 0 aliphatic heterocycles. The van der Waals surface area contributed by atoms with Gasteiger partial charge in [-0.2, -0.15) is 5.10 Å². The highest BCUT2D eigenvalue weighted by atomic mass is 79.9. The monoisotopic (exact) mass is 379 g/mol. The average Bonchev–Trinajstić information content (AvgIpc) is 2.87. The molecule has 0 unspecified atom stereocenters. The van der Waals surface area contributed by atoms with Gasteiger partial charge in [0.25, 0.3) is 10.0 Å². The van der Waals surface area contributed by atoms with Gasteiger partial charge in [0, 0.05) is 11.2 Å². The molecule has 6 nitrogen and oxygen atoms in total. The van der Waals surface area contributed by atoms with Crippen molar-refractivity contribution in [2.45, 2.75) is 11.8 Å². The van der Waals surface area contributed by atoms with Gasteiger partial charge in [-0.3, -0.25) is 9.82 Å². The highest BCUT2D eigenvalue weighted by Gasteiger charge is 2.19. The van der Waals surface area contributed by atoms with Gasteiger partial charge >= 0.3 is 0 Å². The summed E-state index contributed by atoms with van der Waals surface area (Å²) in [7, 11) is -3.75. The number of hydrogen-bond acceptors (Lipinski definition) is 4. The van der Waals surface area contributed by atoms with Crippen molar-refractivity contribution in [2.75, 3.05) is 11.3 Å². The molecule has 0 amide bonds. The number of sulfonamides is 1. The normalized spacial score (nSPS) is 11.3. The minimum atomic E-state index is -3.75. The topological polar surface area (TPSA) is 84.1 Å². The Labute approximate surface area is 129 Å². The number of nitrogens with zero attached hydrogens (tertiary/aromatic N) is 1. The van der Waals surface area contributed by atoms with Crippen LogP contribution in [0.3, 0.4) is 0 Å². The Bertz CT molecular complexity index is 704. The number of aromatic amines is 1. The zero-order valence-electron chi connectivity index (χ0n) is 10.4. The molecule has 0 aliphatic carbocycles. The summed E-state index contributed by atoms with van der Waals surface area (Å²) in [5, 5.41) is 6.44. The molecule has 0 spiro atoms. The average molecular weight is 381 g/mol. The van der Waals surface area contributed by atoms with Crippen molar-refractivity contribution in [2.24, 2.45) is 0 Å². The zero-order valence-corrected chi connectivity index (χ0v) is 13.5. The maximum Gasteiger partial charge on any atom is 0.265 e. The van der Waals surface area contributed by atoms with Crippen LogP contribution in [-0.4, -0.2) is 25.2 Å². The Kier molecular flexibility index (Phi) is 4.56. The summed E-state index contributed by atoms with van der Waals surface area (Å²) in [5.41, 5.74) is 0.257. The maximum atomic E-state index is 12.2. The highest BCUT2D eigenvalue weighted by Crippen LogP contribution is 2.37. The number of hydrogen-bond donors (Lipinski definition) is 2. The Balaban J connectivity index is 2.43. The second kappa shape index (κ2) is 6.02. The summed E-state index contributed by atoms with van der Waals surface area (Å²) in [6, 6.07) is 3.11. The minimum Gasteiger partial charge on any atom is -0.490 e. The second-order valence-electron chi connectivity index (χ2n) is 3.74. The first-order valence-electron chi connectivity index (χ1n) is 5.57. The van der Waals surface area contributed by atoms with E-state index in [1.807, 2.05) is 0 Å². The van der Waals surface area contributed by atoms with E-state index in [1.54, 1.807) is 13.0 Å². The molecular formula is C11H11BrClN3O3S. The van der Waals surface area contributed by atoms with Crippen molar-refractivity contribution in [1.82, 2.24) is 10.2 Å². The molecule has 0 atom stereocenters. The van der Waals surface area contributed by atoms with Crippen molar-refractivity contribution in [3.8, 4) is 5.75 Å². The maximum absolute atomic E-state index is 12.2. The van der Waals surface area contributed by atoms with E-state index in [-0.39, 0.29) is 10.6 Å². The van der Waals surface area contributed by atoms with Crippen LogP contribution in [0.5, 0.6) is 5.75 Å². The summed E-state index contributed by atoms with van der Waals surface area (Å²) in [4.78, 5) is 0.0241. The van der Waals surface area contributed by atoms with Gasteiger partial charge < -0.3 is 4.74 Å². The van der Waals surface area contributed by atoms with Crippen molar-refractivity contribution in [1.29, 1.82) is 0 Å². The van der Waals surface area contributed by atoms with Crippen LogP contribution in [0, 0.1) is 0 Å². The molecule has 1 aromatic heterocycles. The van der Waals surface area contributed by atoms with E-state index < -0.39 is 10.0 Å². The minimum absolute atomic E-state index is 0.0241. The molecule has 2 rings (SSSR count). The Morgan fingerprint density at radius 3 is 2.85 bits per heavy atom. The summed E-state index contributed by atoms with van der Waals surface area (Å²) in [6.07, 6.45) is 2.49. The van der Waals surface area contributed by atoms with Gasteiger partial charge in [0.2, 0.25) is 0 Å². The zero-order chi connectivity index (χ0) is 14.8.